The van der Waals surface area contributed by atoms with Crippen LogP contribution in [-0.2, 0) is 28.7 Å². The number of carbonyl (C=O) groups is 1. The monoisotopic (exact) mass is 856 g/mol. The van der Waals surface area contributed by atoms with E-state index < -0.39 is 11.7 Å². The molecule has 4 aromatic carbocycles. The molecule has 2 N–H and O–H groups in total. The third-order valence-electron chi connectivity index (χ3n) is 14.3. The lowest BCUT2D eigenvalue weighted by Gasteiger charge is -2.52. The van der Waals surface area contributed by atoms with Crippen molar-refractivity contribution in [2.75, 3.05) is 26.3 Å². The van der Waals surface area contributed by atoms with Crippen molar-refractivity contribution in [2.45, 2.75) is 109 Å². The Balaban J connectivity index is 0.000000255. The Kier molecular flexibility index (Phi) is 15.9. The number of fused-ring (bicyclic) bond motifs is 5. The number of hydrogen-bond donors (Lipinski definition) is 1. The zero-order valence-corrected chi connectivity index (χ0v) is 36.5. The number of rotatable bonds is 14. The van der Waals surface area contributed by atoms with Gasteiger partial charge in [-0.1, -0.05) is 109 Å². The average molecular weight is 858 g/mol. The van der Waals surface area contributed by atoms with E-state index in [9.17, 15) is 18.0 Å². The molecule has 4 aliphatic rings. The van der Waals surface area contributed by atoms with E-state index in [4.69, 9.17) is 26.8 Å². The molecular weight excluding hydrogens is 793 g/mol. The maximum absolute atomic E-state index is 13.6. The first-order valence-electron chi connectivity index (χ1n) is 22.9. The summed E-state index contributed by atoms with van der Waals surface area (Å²) in [5, 5.41) is -0.273. The van der Waals surface area contributed by atoms with Gasteiger partial charge in [0.2, 0.25) is 0 Å². The molecule has 8 rings (SSSR count). The number of hydrogen-bond acceptors (Lipinski definition) is 5. The molecule has 7 unspecified atom stereocenters. The van der Waals surface area contributed by atoms with Gasteiger partial charge in [0.1, 0.15) is 5.75 Å². The lowest BCUT2D eigenvalue weighted by Crippen LogP contribution is -2.46. The van der Waals surface area contributed by atoms with E-state index in [-0.39, 0.29) is 29.9 Å². The van der Waals surface area contributed by atoms with Gasteiger partial charge in [0.25, 0.3) is 0 Å². The molecule has 0 bridgehead atoms. The minimum Gasteiger partial charge on any atom is -0.494 e. The van der Waals surface area contributed by atoms with Gasteiger partial charge in [-0.3, -0.25) is 9.69 Å². The van der Waals surface area contributed by atoms with Crippen molar-refractivity contribution in [3.05, 3.63) is 136 Å². The van der Waals surface area contributed by atoms with Crippen molar-refractivity contribution in [3.63, 3.8) is 0 Å². The first-order chi connectivity index (χ1) is 29.6. The van der Waals surface area contributed by atoms with Gasteiger partial charge in [0.05, 0.1) is 30.2 Å². The van der Waals surface area contributed by atoms with Gasteiger partial charge in [-0.15, -0.1) is 0 Å². The lowest BCUT2D eigenvalue weighted by atomic mass is 9.53. The summed E-state index contributed by atoms with van der Waals surface area (Å²) in [6.07, 6.45) is 11.3. The highest BCUT2D eigenvalue weighted by Gasteiger charge is 2.49. The highest BCUT2D eigenvalue weighted by Crippen LogP contribution is 2.57. The summed E-state index contributed by atoms with van der Waals surface area (Å²) in [6.45, 7) is 3.85. The van der Waals surface area contributed by atoms with Crippen molar-refractivity contribution in [3.8, 4) is 5.75 Å². The van der Waals surface area contributed by atoms with Crippen LogP contribution in [0.2, 0.25) is 5.02 Å². The van der Waals surface area contributed by atoms with Gasteiger partial charge in [-0.05, 0) is 141 Å². The predicted molar refractivity (Wildman–Crippen MR) is 238 cm³/mol. The molecular formula is C52H64ClF3N2O3. The molecule has 4 saturated carbocycles. The minimum atomic E-state index is -4.54. The average Bonchev–Trinajstić information content (AvgIpc) is 3.75. The maximum atomic E-state index is 13.6. The lowest BCUT2D eigenvalue weighted by molar-refractivity contribution is -0.142. The normalized spacial score (nSPS) is 24.6. The fraction of sp³-hybridized carbons (Fsp3) is 0.519. The van der Waals surface area contributed by atoms with Crippen LogP contribution in [0.3, 0.4) is 0 Å². The first-order valence-corrected chi connectivity index (χ1v) is 23.2. The molecule has 0 aliphatic heterocycles. The molecule has 328 valence electrons. The Morgan fingerprint density at radius 2 is 1.44 bits per heavy atom. The molecule has 5 nitrogen and oxygen atoms in total. The second kappa shape index (κ2) is 21.5. The highest BCUT2D eigenvalue weighted by atomic mass is 35.5. The summed E-state index contributed by atoms with van der Waals surface area (Å²) in [4.78, 5) is 14.0. The van der Waals surface area contributed by atoms with Crippen LogP contribution in [-0.4, -0.2) is 43.2 Å². The van der Waals surface area contributed by atoms with E-state index >= 15 is 0 Å². The number of nitrogens with zero attached hydrogens (tertiary/aromatic N) is 1. The molecule has 0 saturated heterocycles. The Morgan fingerprint density at radius 1 is 0.787 bits per heavy atom. The van der Waals surface area contributed by atoms with E-state index in [2.05, 4.69) is 29.2 Å². The molecule has 4 fully saturated rings. The van der Waals surface area contributed by atoms with Crippen molar-refractivity contribution in [2.24, 2.45) is 41.2 Å². The van der Waals surface area contributed by atoms with Gasteiger partial charge in [-0.2, -0.15) is 13.2 Å². The van der Waals surface area contributed by atoms with Crippen LogP contribution in [0.15, 0.2) is 103 Å². The van der Waals surface area contributed by atoms with E-state index in [1.165, 1.54) is 38.2 Å². The third kappa shape index (κ3) is 12.0. The number of alkyl halides is 3. The summed E-state index contributed by atoms with van der Waals surface area (Å²) < 4.78 is 51.9. The van der Waals surface area contributed by atoms with Gasteiger partial charge >= 0.3 is 12.1 Å². The molecule has 0 heterocycles. The number of ether oxygens (including phenoxy) is 2. The number of carbonyl (C=O) groups excluding carboxylic acids is 1. The van der Waals surface area contributed by atoms with Gasteiger partial charge < -0.3 is 15.2 Å². The predicted octanol–water partition coefficient (Wildman–Crippen LogP) is 12.5. The van der Waals surface area contributed by atoms with Crippen molar-refractivity contribution < 1.29 is 27.4 Å². The molecule has 61 heavy (non-hydrogen) atoms. The summed E-state index contributed by atoms with van der Waals surface area (Å²) in [5.41, 5.74) is 8.81. The molecule has 4 aromatic rings. The second-order valence-electron chi connectivity index (χ2n) is 18.1. The van der Waals surface area contributed by atoms with Crippen LogP contribution in [0.25, 0.3) is 0 Å². The minimum absolute atomic E-state index is 0.00699. The van der Waals surface area contributed by atoms with E-state index in [0.717, 1.165) is 58.3 Å². The summed E-state index contributed by atoms with van der Waals surface area (Å²) in [7, 11) is 0. The van der Waals surface area contributed by atoms with Gasteiger partial charge in [-0.25, -0.2) is 0 Å². The van der Waals surface area contributed by atoms with Gasteiger partial charge in [0.15, 0.2) is 0 Å². The molecule has 9 heteroatoms. The van der Waals surface area contributed by atoms with Crippen molar-refractivity contribution in [1.29, 1.82) is 0 Å². The number of halogens is 4. The van der Waals surface area contributed by atoms with Crippen LogP contribution in [0.1, 0.15) is 111 Å². The van der Waals surface area contributed by atoms with Crippen LogP contribution in [0, 0.1) is 35.5 Å². The number of esters is 1. The smallest absolute Gasteiger partial charge is 0.417 e. The highest BCUT2D eigenvalue weighted by molar-refractivity contribution is 6.32. The number of benzene rings is 4. The summed E-state index contributed by atoms with van der Waals surface area (Å²) in [6, 6.07) is 32.1. The van der Waals surface area contributed by atoms with Crippen LogP contribution in [0.4, 0.5) is 13.2 Å². The second-order valence-corrected chi connectivity index (χ2v) is 18.4. The zero-order valence-electron chi connectivity index (χ0n) is 35.7. The molecule has 0 spiro atoms. The third-order valence-corrected chi connectivity index (χ3v) is 14.7. The molecule has 7 atom stereocenters. The Bertz CT molecular complexity index is 1940. The maximum Gasteiger partial charge on any atom is 0.417 e. The SMILES string of the molecule is CCOC(=O)Cc1cccc(OCCCN(Cc2cccc(C(F)(F)F)c2Cl)CC(c2ccccc2)c2ccccc2)c1.NC1CCC2C(CCC3C4CCCC4CCC23)C1. The Hall–Kier alpha value is -3.85. The first kappa shape index (κ1) is 45.2. The molecule has 4 aliphatic carbocycles. The van der Waals surface area contributed by atoms with E-state index in [1.807, 2.05) is 60.7 Å². The standard InChI is InChI=1S/C35H35ClF3NO3.C17H29N/c1-2-42-33(41)23-26-12-9-18-30(22-26)43-21-11-20-40(24-29-17-10-19-32(34(29)36)35(37,38)39)25-31(27-13-5-3-6-14-27)28-15-7-4-8-16-28;18-13-6-9-15-12(10-13)5-8-16-14-3-1-2-11(14)4-7-17(15)16/h3-10,12-19,22,31H,2,11,20-21,23-25H2,1H3;11-17H,1-10,18H2. The Morgan fingerprint density at radius 3 is 2.13 bits per heavy atom. The van der Waals surface area contributed by atoms with E-state index in [0.29, 0.717) is 50.1 Å². The van der Waals surface area contributed by atoms with Crippen molar-refractivity contribution >= 4 is 17.6 Å². The molecule has 0 aromatic heterocycles. The summed E-state index contributed by atoms with van der Waals surface area (Å²) in [5.74, 6) is 6.92. The largest absolute Gasteiger partial charge is 0.494 e. The van der Waals surface area contributed by atoms with Gasteiger partial charge in [0, 0.05) is 31.6 Å². The van der Waals surface area contributed by atoms with Crippen molar-refractivity contribution in [1.82, 2.24) is 4.90 Å². The summed E-state index contributed by atoms with van der Waals surface area (Å²) >= 11 is 6.32. The molecule has 0 radical (unpaired) electrons. The van der Waals surface area contributed by atoms with Crippen LogP contribution in [0.5, 0.6) is 5.75 Å². The van der Waals surface area contributed by atoms with E-state index in [1.54, 1.807) is 45.1 Å². The zero-order chi connectivity index (χ0) is 42.8. The number of nitrogens with two attached hydrogens (primary N) is 1. The Labute approximate surface area is 366 Å². The molecule has 0 amide bonds. The fourth-order valence-electron chi connectivity index (χ4n) is 11.5. The van der Waals surface area contributed by atoms with Crippen LogP contribution >= 0.6 is 11.6 Å². The quantitative estimate of drug-likeness (QED) is 0.101. The van der Waals surface area contributed by atoms with Crippen LogP contribution < -0.4 is 10.5 Å². The topological polar surface area (TPSA) is 64.8 Å². The fourth-order valence-corrected chi connectivity index (χ4v) is 11.8.